The summed E-state index contributed by atoms with van der Waals surface area (Å²) >= 11 is 0. The quantitative estimate of drug-likeness (QED) is 0.285. The molecule has 1 amide bonds. The molecule has 9 nitrogen and oxygen atoms in total. The summed E-state index contributed by atoms with van der Waals surface area (Å²) in [6, 6.07) is 12.9. The SMILES string of the molecule is CC(C)C[C@H](N)B(O)O.N[C@@H](Cc1cccc2ccccc12)C(=O)OC(=O)N1CCOCC1. The second-order valence-electron chi connectivity index (χ2n) is 8.44. The summed E-state index contributed by atoms with van der Waals surface area (Å²) in [4.78, 5) is 25.5. The van der Waals surface area contributed by atoms with E-state index in [4.69, 9.17) is 31.0 Å². The molecule has 1 aliphatic heterocycles. The zero-order valence-corrected chi connectivity index (χ0v) is 19.2. The van der Waals surface area contributed by atoms with Gasteiger partial charge in [-0.3, -0.25) is 0 Å². The van der Waals surface area contributed by atoms with E-state index in [9.17, 15) is 9.59 Å². The zero-order valence-electron chi connectivity index (χ0n) is 19.2. The Morgan fingerprint density at radius 2 is 1.73 bits per heavy atom. The van der Waals surface area contributed by atoms with E-state index in [1.54, 1.807) is 0 Å². The molecule has 1 aliphatic rings. The van der Waals surface area contributed by atoms with Gasteiger partial charge in [0.1, 0.15) is 6.04 Å². The van der Waals surface area contributed by atoms with Crippen molar-refractivity contribution in [1.82, 2.24) is 4.90 Å². The lowest BCUT2D eigenvalue weighted by Gasteiger charge is -2.25. The number of morpholine rings is 1. The summed E-state index contributed by atoms with van der Waals surface area (Å²) in [6.07, 6.45) is 0.311. The fourth-order valence-corrected chi connectivity index (χ4v) is 3.43. The van der Waals surface area contributed by atoms with Crippen LogP contribution in [0, 0.1) is 5.92 Å². The summed E-state index contributed by atoms with van der Waals surface area (Å²) in [6.45, 7) is 5.72. The highest BCUT2D eigenvalue weighted by Gasteiger charge is 2.25. The van der Waals surface area contributed by atoms with Crippen molar-refractivity contribution >= 4 is 30.0 Å². The Kier molecular flexibility index (Phi) is 10.8. The molecule has 0 radical (unpaired) electrons. The van der Waals surface area contributed by atoms with Gasteiger partial charge in [0.2, 0.25) is 0 Å². The van der Waals surface area contributed by atoms with Gasteiger partial charge in [-0.15, -0.1) is 0 Å². The fourth-order valence-electron chi connectivity index (χ4n) is 3.43. The molecule has 0 aliphatic carbocycles. The van der Waals surface area contributed by atoms with Crippen LogP contribution in [-0.4, -0.2) is 72.4 Å². The van der Waals surface area contributed by atoms with Crippen molar-refractivity contribution in [3.63, 3.8) is 0 Å². The van der Waals surface area contributed by atoms with Gasteiger partial charge in [0.05, 0.1) is 13.2 Å². The number of benzene rings is 2. The molecule has 10 heteroatoms. The normalized spacial score (nSPS) is 15.4. The summed E-state index contributed by atoms with van der Waals surface area (Å²) in [7, 11) is -1.37. The van der Waals surface area contributed by atoms with E-state index in [2.05, 4.69) is 0 Å². The van der Waals surface area contributed by atoms with E-state index in [0.717, 1.165) is 16.3 Å². The van der Waals surface area contributed by atoms with Gasteiger partial charge < -0.3 is 35.9 Å². The average molecular weight is 459 g/mol. The smallest absolute Gasteiger partial charge is 0.426 e. The van der Waals surface area contributed by atoms with Crippen molar-refractivity contribution in [2.24, 2.45) is 17.4 Å². The maximum atomic E-state index is 12.1. The lowest BCUT2D eigenvalue weighted by molar-refractivity contribution is -0.140. The largest absolute Gasteiger partial charge is 0.469 e. The van der Waals surface area contributed by atoms with Crippen LogP contribution in [0.1, 0.15) is 25.8 Å². The van der Waals surface area contributed by atoms with Crippen LogP contribution in [0.5, 0.6) is 0 Å². The summed E-state index contributed by atoms with van der Waals surface area (Å²) < 4.78 is 10.1. The predicted octanol–water partition coefficient (Wildman–Crippen LogP) is 1.08. The minimum Gasteiger partial charge on any atom is -0.426 e. The number of rotatable bonds is 6. The molecule has 2 aromatic rings. The van der Waals surface area contributed by atoms with Crippen molar-refractivity contribution in [2.45, 2.75) is 38.7 Å². The highest BCUT2D eigenvalue weighted by molar-refractivity contribution is 6.43. The molecule has 0 saturated carbocycles. The Labute approximate surface area is 194 Å². The summed E-state index contributed by atoms with van der Waals surface area (Å²) in [5.41, 5.74) is 12.2. The van der Waals surface area contributed by atoms with E-state index < -0.39 is 31.2 Å². The maximum absolute atomic E-state index is 12.1. The molecule has 33 heavy (non-hydrogen) atoms. The Morgan fingerprint density at radius 1 is 1.09 bits per heavy atom. The molecule has 1 saturated heterocycles. The Hall–Kier alpha value is -2.50. The van der Waals surface area contributed by atoms with Crippen LogP contribution in [0.2, 0.25) is 0 Å². The molecule has 0 aromatic heterocycles. The van der Waals surface area contributed by atoms with Crippen LogP contribution in [0.25, 0.3) is 10.8 Å². The van der Waals surface area contributed by atoms with Gasteiger partial charge in [-0.05, 0) is 35.1 Å². The maximum Gasteiger partial charge on any atom is 0.469 e. The molecule has 2 atom stereocenters. The number of esters is 1. The molecule has 180 valence electrons. The molecule has 0 unspecified atom stereocenters. The van der Waals surface area contributed by atoms with Crippen LogP contribution in [0.3, 0.4) is 0 Å². The topological polar surface area (TPSA) is 148 Å². The van der Waals surface area contributed by atoms with Gasteiger partial charge in [-0.2, -0.15) is 0 Å². The monoisotopic (exact) mass is 459 g/mol. The average Bonchev–Trinajstić information content (AvgIpc) is 2.79. The Bertz CT molecular complexity index is 899. The van der Waals surface area contributed by atoms with Gasteiger partial charge in [0.15, 0.2) is 0 Å². The van der Waals surface area contributed by atoms with Crippen LogP contribution in [0.4, 0.5) is 4.79 Å². The molecule has 1 heterocycles. The van der Waals surface area contributed by atoms with Crippen molar-refractivity contribution < 1.29 is 29.1 Å². The van der Waals surface area contributed by atoms with Gasteiger partial charge in [-0.25, -0.2) is 9.59 Å². The first-order chi connectivity index (χ1) is 15.7. The van der Waals surface area contributed by atoms with E-state index in [1.807, 2.05) is 56.3 Å². The lowest BCUT2D eigenvalue weighted by Crippen LogP contribution is -2.44. The number of carbonyl (C=O) groups excluding carboxylic acids is 2. The summed E-state index contributed by atoms with van der Waals surface area (Å²) in [5.74, 6) is -0.786. The van der Waals surface area contributed by atoms with Gasteiger partial charge in [-0.1, -0.05) is 56.3 Å². The molecular weight excluding hydrogens is 425 g/mol. The van der Waals surface area contributed by atoms with E-state index >= 15 is 0 Å². The minimum atomic E-state index is -1.37. The second-order valence-corrected chi connectivity index (χ2v) is 8.44. The number of ether oxygens (including phenoxy) is 2. The second kappa shape index (κ2) is 13.3. The first kappa shape index (κ1) is 26.8. The molecule has 0 bridgehead atoms. The Balaban J connectivity index is 0.000000365. The highest BCUT2D eigenvalue weighted by Crippen LogP contribution is 2.19. The first-order valence-electron chi connectivity index (χ1n) is 11.1. The van der Waals surface area contributed by atoms with E-state index in [-0.39, 0.29) is 0 Å². The number of amides is 1. The molecule has 2 aromatic carbocycles. The van der Waals surface area contributed by atoms with Crippen LogP contribution >= 0.6 is 0 Å². The number of carbonyl (C=O) groups is 2. The Morgan fingerprint density at radius 3 is 2.33 bits per heavy atom. The number of hydrogen-bond acceptors (Lipinski definition) is 8. The molecule has 6 N–H and O–H groups in total. The summed E-state index contributed by atoms with van der Waals surface area (Å²) in [5, 5.41) is 19.1. The zero-order chi connectivity index (χ0) is 24.4. The van der Waals surface area contributed by atoms with Crippen molar-refractivity contribution in [3.8, 4) is 0 Å². The van der Waals surface area contributed by atoms with E-state index in [1.165, 1.54) is 4.90 Å². The molecule has 1 fully saturated rings. The van der Waals surface area contributed by atoms with Crippen LogP contribution < -0.4 is 11.5 Å². The van der Waals surface area contributed by atoms with Gasteiger partial charge in [0, 0.05) is 19.0 Å². The lowest BCUT2D eigenvalue weighted by atomic mass is 9.76. The third-order valence-electron chi connectivity index (χ3n) is 5.21. The number of fused-ring (bicyclic) bond motifs is 1. The van der Waals surface area contributed by atoms with E-state index in [0.29, 0.717) is 45.1 Å². The third kappa shape index (κ3) is 8.75. The fraction of sp³-hybridized carbons (Fsp3) is 0.478. The number of nitrogens with zero attached hydrogens (tertiary/aromatic N) is 1. The molecular formula is C23H34BN3O6. The predicted molar refractivity (Wildman–Crippen MR) is 127 cm³/mol. The van der Waals surface area contributed by atoms with Crippen molar-refractivity contribution in [1.29, 1.82) is 0 Å². The van der Waals surface area contributed by atoms with Crippen LogP contribution in [0.15, 0.2) is 42.5 Å². The third-order valence-corrected chi connectivity index (χ3v) is 5.21. The minimum absolute atomic E-state index is 0.316. The van der Waals surface area contributed by atoms with Crippen molar-refractivity contribution in [2.75, 3.05) is 26.3 Å². The van der Waals surface area contributed by atoms with Gasteiger partial charge in [0.25, 0.3) is 0 Å². The molecule has 0 spiro atoms. The van der Waals surface area contributed by atoms with Crippen molar-refractivity contribution in [3.05, 3.63) is 48.0 Å². The standard InChI is InChI=1S/C18H20N2O4.C5H14BNO2/c19-16(17(21)24-18(22)20-8-10-23-11-9-20)12-14-6-3-5-13-4-1-2-7-15(13)14;1-4(2)3-5(7)6(8)9/h1-7,16H,8-12,19H2;4-5,8-9H,3,7H2,1-2H3/t16-;5-/m00/s1. The van der Waals surface area contributed by atoms with Crippen LogP contribution in [-0.2, 0) is 20.7 Å². The first-order valence-corrected chi connectivity index (χ1v) is 11.1. The van der Waals surface area contributed by atoms with Gasteiger partial charge >= 0.3 is 19.2 Å². The number of nitrogens with two attached hydrogens (primary N) is 2. The number of hydrogen-bond donors (Lipinski definition) is 4. The highest BCUT2D eigenvalue weighted by atomic mass is 16.6. The molecule has 3 rings (SSSR count).